The van der Waals surface area contributed by atoms with Gasteiger partial charge in [-0.15, -0.1) is 0 Å². The van der Waals surface area contributed by atoms with E-state index >= 15 is 0 Å². The number of fused-ring (bicyclic) bond motifs is 1. The third-order valence-corrected chi connectivity index (χ3v) is 6.45. The number of benzene rings is 2. The summed E-state index contributed by atoms with van der Waals surface area (Å²) in [5.41, 5.74) is 6.07. The smallest absolute Gasteiger partial charge is 0.398 e. The van der Waals surface area contributed by atoms with Gasteiger partial charge in [0.1, 0.15) is 0 Å². The normalized spacial score (nSPS) is 17.5. The molecular weight excluding hydrogens is 369 g/mol. The van der Waals surface area contributed by atoms with E-state index in [1.807, 2.05) is 0 Å². The average molecular weight is 395 g/mol. The highest BCUT2D eigenvalue weighted by Gasteiger charge is 2.52. The van der Waals surface area contributed by atoms with Gasteiger partial charge in [-0.05, 0) is 57.0 Å². The Morgan fingerprint density at radius 2 is 1.23 bits per heavy atom. The van der Waals surface area contributed by atoms with Crippen LogP contribution < -0.4 is 5.59 Å². The fourth-order valence-electron chi connectivity index (χ4n) is 4.12. The van der Waals surface area contributed by atoms with Gasteiger partial charge < -0.3 is 13.7 Å². The van der Waals surface area contributed by atoms with Crippen LogP contribution in [-0.2, 0) is 9.31 Å². The summed E-state index contributed by atoms with van der Waals surface area (Å²) in [6, 6.07) is 29.7. The quantitative estimate of drug-likeness (QED) is 0.423. The zero-order valence-electron chi connectivity index (χ0n) is 17.9. The first kappa shape index (κ1) is 19.2. The molecule has 1 fully saturated rings. The molecular formula is C26H26BNO2. The molecule has 0 saturated carbocycles. The average Bonchev–Trinajstić information content (AvgIpc) is 3.23. The van der Waals surface area contributed by atoms with Gasteiger partial charge in [0.2, 0.25) is 0 Å². The maximum absolute atomic E-state index is 6.42. The third kappa shape index (κ3) is 2.99. The molecule has 0 N–H and O–H groups in total. The molecule has 0 amide bonds. The Morgan fingerprint density at radius 3 is 1.83 bits per heavy atom. The molecule has 0 unspecified atom stereocenters. The van der Waals surface area contributed by atoms with Crippen LogP contribution in [0.25, 0.3) is 27.9 Å². The standard InChI is InChI=1S/C26H26BNO2/c1-25(2)26(3,4)30-27(29-25)23-17-11-16-21-18-22(19-12-7-5-8-13-19)24(28(21)23)20-14-9-6-10-15-20/h5-18H,1-4H3. The summed E-state index contributed by atoms with van der Waals surface area (Å²) < 4.78 is 15.1. The summed E-state index contributed by atoms with van der Waals surface area (Å²) >= 11 is 0. The Bertz CT molecular complexity index is 1180. The van der Waals surface area contributed by atoms with E-state index in [0.717, 1.165) is 16.8 Å². The minimum absolute atomic E-state index is 0.387. The minimum Gasteiger partial charge on any atom is -0.398 e. The number of aromatic nitrogens is 1. The van der Waals surface area contributed by atoms with Crippen molar-refractivity contribution in [3.63, 3.8) is 0 Å². The number of pyridine rings is 1. The summed E-state index contributed by atoms with van der Waals surface area (Å²) in [4.78, 5) is 0. The van der Waals surface area contributed by atoms with Crippen LogP contribution in [0.4, 0.5) is 0 Å². The number of hydrogen-bond donors (Lipinski definition) is 0. The Kier molecular flexibility index (Phi) is 4.39. The summed E-state index contributed by atoms with van der Waals surface area (Å²) in [5, 5.41) is 0. The summed E-state index contributed by atoms with van der Waals surface area (Å²) in [7, 11) is -0.433. The van der Waals surface area contributed by atoms with Crippen LogP contribution in [-0.4, -0.2) is 22.7 Å². The lowest BCUT2D eigenvalue weighted by atomic mass is 9.83. The molecule has 4 aromatic rings. The number of rotatable bonds is 3. The summed E-state index contributed by atoms with van der Waals surface area (Å²) in [6.45, 7) is 8.37. The SMILES string of the molecule is CC1(C)OB(c2cccc3cc(-c4ccccc4)c(-c4ccccc4)n23)OC1(C)C. The Hall–Kier alpha value is -2.82. The summed E-state index contributed by atoms with van der Waals surface area (Å²) in [6.07, 6.45) is 0. The first-order chi connectivity index (χ1) is 14.4. The van der Waals surface area contributed by atoms with E-state index in [1.54, 1.807) is 0 Å². The van der Waals surface area contributed by atoms with Gasteiger partial charge in [0.05, 0.1) is 22.5 Å². The van der Waals surface area contributed by atoms with E-state index in [1.165, 1.54) is 16.7 Å². The van der Waals surface area contributed by atoms with Crippen LogP contribution >= 0.6 is 0 Å². The van der Waals surface area contributed by atoms with Crippen molar-refractivity contribution >= 4 is 18.2 Å². The molecule has 0 spiro atoms. The lowest BCUT2D eigenvalue weighted by molar-refractivity contribution is 0.00578. The van der Waals surface area contributed by atoms with Gasteiger partial charge in [0, 0.05) is 11.1 Å². The van der Waals surface area contributed by atoms with Crippen LogP contribution in [0.1, 0.15) is 27.7 Å². The highest BCUT2D eigenvalue weighted by molar-refractivity contribution is 6.61. The molecule has 0 atom stereocenters. The van der Waals surface area contributed by atoms with Crippen molar-refractivity contribution in [3.05, 3.63) is 84.9 Å². The molecule has 2 aromatic heterocycles. The second-order valence-corrected chi connectivity index (χ2v) is 8.94. The van der Waals surface area contributed by atoms with Crippen molar-refractivity contribution in [2.75, 3.05) is 0 Å². The largest absolute Gasteiger partial charge is 0.512 e. The van der Waals surface area contributed by atoms with Crippen molar-refractivity contribution in [2.45, 2.75) is 38.9 Å². The predicted octanol–water partition coefficient (Wildman–Crippen LogP) is 5.57. The van der Waals surface area contributed by atoms with E-state index in [4.69, 9.17) is 9.31 Å². The summed E-state index contributed by atoms with van der Waals surface area (Å²) in [5.74, 6) is 0. The monoisotopic (exact) mass is 395 g/mol. The fraction of sp³-hybridized carbons (Fsp3) is 0.231. The van der Waals surface area contributed by atoms with Crippen LogP contribution in [0.3, 0.4) is 0 Å². The van der Waals surface area contributed by atoms with Crippen molar-refractivity contribution in [2.24, 2.45) is 0 Å². The molecule has 2 aromatic carbocycles. The molecule has 5 rings (SSSR count). The molecule has 0 aliphatic carbocycles. The maximum atomic E-state index is 6.42. The fourth-order valence-corrected chi connectivity index (χ4v) is 4.12. The van der Waals surface area contributed by atoms with Crippen molar-refractivity contribution in [3.8, 4) is 22.4 Å². The predicted molar refractivity (Wildman–Crippen MR) is 124 cm³/mol. The molecule has 30 heavy (non-hydrogen) atoms. The van der Waals surface area contributed by atoms with Gasteiger partial charge in [-0.25, -0.2) is 0 Å². The minimum atomic E-state index is -0.433. The third-order valence-electron chi connectivity index (χ3n) is 6.45. The molecule has 3 heterocycles. The van der Waals surface area contributed by atoms with Crippen LogP contribution in [0.15, 0.2) is 84.9 Å². The van der Waals surface area contributed by atoms with Crippen LogP contribution in [0.5, 0.6) is 0 Å². The first-order valence-electron chi connectivity index (χ1n) is 10.5. The van der Waals surface area contributed by atoms with Gasteiger partial charge in [-0.3, -0.25) is 0 Å². The second kappa shape index (κ2) is 6.87. The van der Waals surface area contributed by atoms with Crippen molar-refractivity contribution in [1.82, 2.24) is 4.40 Å². The van der Waals surface area contributed by atoms with E-state index < -0.39 is 7.12 Å². The maximum Gasteiger partial charge on any atom is 0.512 e. The molecule has 3 nitrogen and oxygen atoms in total. The molecule has 1 saturated heterocycles. The zero-order chi connectivity index (χ0) is 20.9. The second-order valence-electron chi connectivity index (χ2n) is 8.94. The molecule has 0 bridgehead atoms. The van der Waals surface area contributed by atoms with Gasteiger partial charge in [0.15, 0.2) is 0 Å². The van der Waals surface area contributed by atoms with Crippen LogP contribution in [0, 0.1) is 0 Å². The molecule has 1 aliphatic rings. The lowest BCUT2D eigenvalue weighted by Crippen LogP contribution is -2.41. The van der Waals surface area contributed by atoms with Crippen molar-refractivity contribution < 1.29 is 9.31 Å². The molecule has 4 heteroatoms. The van der Waals surface area contributed by atoms with Crippen LogP contribution in [0.2, 0.25) is 0 Å². The lowest BCUT2D eigenvalue weighted by Gasteiger charge is -2.32. The molecule has 150 valence electrons. The van der Waals surface area contributed by atoms with E-state index in [-0.39, 0.29) is 11.2 Å². The van der Waals surface area contributed by atoms with E-state index in [9.17, 15) is 0 Å². The number of nitrogens with zero attached hydrogens (tertiary/aromatic N) is 1. The first-order valence-corrected chi connectivity index (χ1v) is 10.5. The van der Waals surface area contributed by atoms with Gasteiger partial charge in [-0.2, -0.15) is 0 Å². The molecule has 0 radical (unpaired) electrons. The Labute approximate surface area is 178 Å². The van der Waals surface area contributed by atoms with Gasteiger partial charge >= 0.3 is 7.12 Å². The number of hydrogen-bond acceptors (Lipinski definition) is 2. The van der Waals surface area contributed by atoms with Gasteiger partial charge in [0.25, 0.3) is 0 Å². The van der Waals surface area contributed by atoms with Gasteiger partial charge in [-0.1, -0.05) is 66.7 Å². The zero-order valence-corrected chi connectivity index (χ0v) is 17.9. The van der Waals surface area contributed by atoms with Crippen molar-refractivity contribution in [1.29, 1.82) is 0 Å². The molecule has 1 aliphatic heterocycles. The Morgan fingerprint density at radius 1 is 0.667 bits per heavy atom. The van der Waals surface area contributed by atoms with E-state index in [2.05, 4.69) is 117 Å². The highest BCUT2D eigenvalue weighted by Crippen LogP contribution is 2.38. The highest BCUT2D eigenvalue weighted by atomic mass is 16.7. The topological polar surface area (TPSA) is 22.9 Å². The van der Waals surface area contributed by atoms with E-state index in [0.29, 0.717) is 0 Å². The Balaban J connectivity index is 1.78.